The first-order valence-electron chi connectivity index (χ1n) is 15.1. The van der Waals surface area contributed by atoms with Crippen LogP contribution in [0.1, 0.15) is 66.5 Å². The van der Waals surface area contributed by atoms with Crippen molar-refractivity contribution in [2.24, 2.45) is 11.8 Å². The first-order valence-corrected chi connectivity index (χ1v) is 15.1. The van der Waals surface area contributed by atoms with Crippen LogP contribution < -0.4 is 15.4 Å². The molecule has 0 unspecified atom stereocenters. The molecule has 0 aliphatic rings. The highest BCUT2D eigenvalue weighted by atomic mass is 16.5. The fourth-order valence-electron chi connectivity index (χ4n) is 5.15. The van der Waals surface area contributed by atoms with Gasteiger partial charge < -0.3 is 25.0 Å². The van der Waals surface area contributed by atoms with Crippen molar-refractivity contribution in [3.63, 3.8) is 0 Å². The van der Waals surface area contributed by atoms with E-state index >= 15 is 0 Å². The van der Waals surface area contributed by atoms with Crippen LogP contribution in [0, 0.1) is 11.8 Å². The van der Waals surface area contributed by atoms with Gasteiger partial charge in [-0.25, -0.2) is 4.79 Å². The molecular weight excluding hydrogens is 542 g/mol. The van der Waals surface area contributed by atoms with E-state index in [1.807, 2.05) is 96.1 Å². The predicted molar refractivity (Wildman–Crippen MR) is 172 cm³/mol. The zero-order valence-electron chi connectivity index (χ0n) is 27.6. The lowest BCUT2D eigenvalue weighted by Crippen LogP contribution is -2.59. The van der Waals surface area contributed by atoms with Gasteiger partial charge in [0, 0.05) is 18.0 Å². The molecule has 3 atom stereocenters. The van der Waals surface area contributed by atoms with Crippen LogP contribution in [-0.2, 0) is 31.1 Å². The van der Waals surface area contributed by atoms with Gasteiger partial charge in [0.2, 0.25) is 11.8 Å². The van der Waals surface area contributed by atoms with E-state index in [0.29, 0.717) is 12.2 Å². The maximum atomic E-state index is 13.8. The van der Waals surface area contributed by atoms with Gasteiger partial charge in [-0.3, -0.25) is 9.59 Å². The second-order valence-electron chi connectivity index (χ2n) is 12.2. The number of esters is 1. The third-order valence-corrected chi connectivity index (χ3v) is 7.85. The Hall–Kier alpha value is -3.65. The molecule has 0 fully saturated rings. The van der Waals surface area contributed by atoms with Crippen molar-refractivity contribution in [3.8, 4) is 5.75 Å². The monoisotopic (exact) mass is 593 g/mol. The Bertz CT molecular complexity index is 1220. The Labute approximate surface area is 258 Å². The lowest BCUT2D eigenvalue weighted by atomic mass is 9.77. The number of carbonyl (C=O) groups is 3. The van der Waals surface area contributed by atoms with E-state index in [9.17, 15) is 14.4 Å². The van der Waals surface area contributed by atoms with Crippen molar-refractivity contribution in [2.45, 2.75) is 85.5 Å². The molecule has 2 rings (SSSR count). The summed E-state index contributed by atoms with van der Waals surface area (Å²) in [6.45, 7) is 16.0. The number of likely N-dealkylation sites (N-methyl/N-ethyl adjacent to an activating group) is 2. The molecule has 0 heterocycles. The van der Waals surface area contributed by atoms with Gasteiger partial charge >= 0.3 is 5.97 Å². The molecule has 236 valence electrons. The zero-order valence-corrected chi connectivity index (χ0v) is 27.6. The molecule has 43 heavy (non-hydrogen) atoms. The Morgan fingerprint density at radius 2 is 1.56 bits per heavy atom. The van der Waals surface area contributed by atoms with E-state index in [-0.39, 0.29) is 36.3 Å². The predicted octanol–water partition coefficient (Wildman–Crippen LogP) is 5.26. The summed E-state index contributed by atoms with van der Waals surface area (Å²) in [6, 6.07) is 16.0. The van der Waals surface area contributed by atoms with E-state index in [0.717, 1.165) is 16.9 Å². The number of ether oxygens (including phenoxy) is 2. The Morgan fingerprint density at radius 1 is 0.953 bits per heavy atom. The molecule has 2 amide bonds. The number of amides is 2. The standard InChI is InChI=1S/C35H51N3O5/c1-11-42-34(41)25(6)21-29(23(2)3)38(10)33(40)30(24(4)5)37-32(39)31(36-9)35(7,8)27-17-19-28(20-18-27)43-22-26-15-13-12-14-16-26/h12-21,23-24,29-31,36H,11,22H2,1-10H3,(H,37,39)/b25-21+/t29-,30+,31-/m1/s1. The summed E-state index contributed by atoms with van der Waals surface area (Å²) >= 11 is 0. The highest BCUT2D eigenvalue weighted by molar-refractivity contribution is 5.91. The molecule has 2 aromatic carbocycles. The highest BCUT2D eigenvalue weighted by Gasteiger charge is 2.39. The SMILES string of the molecule is CCOC(=O)/C(C)=C/[C@H](C(C)C)N(C)C(=O)[C@@H](NC(=O)[C@@H](NC)C(C)(C)c1ccc(OCc2ccccc2)cc1)C(C)C. The molecule has 0 saturated heterocycles. The van der Waals surface area contributed by atoms with Gasteiger partial charge in [-0.2, -0.15) is 0 Å². The van der Waals surface area contributed by atoms with E-state index in [2.05, 4.69) is 10.6 Å². The van der Waals surface area contributed by atoms with Crippen LogP contribution >= 0.6 is 0 Å². The largest absolute Gasteiger partial charge is 0.489 e. The number of nitrogens with one attached hydrogen (secondary N) is 2. The maximum Gasteiger partial charge on any atom is 0.333 e. The molecule has 0 radical (unpaired) electrons. The fraction of sp³-hybridized carbons (Fsp3) is 0.514. The molecule has 8 nitrogen and oxygen atoms in total. The van der Waals surface area contributed by atoms with Crippen LogP contribution in [0.15, 0.2) is 66.2 Å². The second-order valence-corrected chi connectivity index (χ2v) is 12.2. The summed E-state index contributed by atoms with van der Waals surface area (Å²) in [7, 11) is 3.46. The fourth-order valence-corrected chi connectivity index (χ4v) is 5.15. The topological polar surface area (TPSA) is 97.0 Å². The molecule has 0 aliphatic heterocycles. The van der Waals surface area contributed by atoms with Gasteiger partial charge in [0.05, 0.1) is 18.7 Å². The molecule has 0 saturated carbocycles. The summed E-state index contributed by atoms with van der Waals surface area (Å²) in [5.74, 6) is -0.278. The van der Waals surface area contributed by atoms with Crippen molar-refractivity contribution >= 4 is 17.8 Å². The number of carbonyl (C=O) groups excluding carboxylic acids is 3. The summed E-state index contributed by atoms with van der Waals surface area (Å²) in [5, 5.41) is 6.21. The average Bonchev–Trinajstić information content (AvgIpc) is 2.97. The van der Waals surface area contributed by atoms with E-state index in [4.69, 9.17) is 9.47 Å². The Balaban J connectivity index is 2.21. The van der Waals surface area contributed by atoms with Crippen molar-refractivity contribution < 1.29 is 23.9 Å². The van der Waals surface area contributed by atoms with Crippen LogP contribution in [0.4, 0.5) is 0 Å². The van der Waals surface area contributed by atoms with Crippen LogP contribution in [0.5, 0.6) is 5.75 Å². The average molecular weight is 594 g/mol. The van der Waals surface area contributed by atoms with Crippen LogP contribution in [0.25, 0.3) is 0 Å². The first kappa shape index (κ1) is 35.5. The van der Waals surface area contributed by atoms with Crippen LogP contribution in [0.2, 0.25) is 0 Å². The summed E-state index contributed by atoms with van der Waals surface area (Å²) in [6.07, 6.45) is 1.77. The van der Waals surface area contributed by atoms with Crippen LogP contribution in [-0.4, -0.2) is 61.5 Å². The minimum Gasteiger partial charge on any atom is -0.489 e. The number of nitrogens with zero attached hydrogens (tertiary/aromatic N) is 1. The smallest absolute Gasteiger partial charge is 0.333 e. The lowest BCUT2D eigenvalue weighted by Gasteiger charge is -2.37. The van der Waals surface area contributed by atoms with E-state index in [1.54, 1.807) is 38.9 Å². The van der Waals surface area contributed by atoms with Crippen molar-refractivity contribution in [1.82, 2.24) is 15.5 Å². The van der Waals surface area contributed by atoms with E-state index < -0.39 is 23.5 Å². The third kappa shape index (κ3) is 9.68. The lowest BCUT2D eigenvalue weighted by molar-refractivity contribution is -0.140. The van der Waals surface area contributed by atoms with Crippen molar-refractivity contribution in [2.75, 3.05) is 20.7 Å². The molecular formula is C35H51N3O5. The molecule has 2 aromatic rings. The minimum atomic E-state index is -0.754. The highest BCUT2D eigenvalue weighted by Crippen LogP contribution is 2.29. The van der Waals surface area contributed by atoms with Crippen LogP contribution in [0.3, 0.4) is 0 Å². The van der Waals surface area contributed by atoms with E-state index in [1.165, 1.54) is 0 Å². The van der Waals surface area contributed by atoms with Gasteiger partial charge in [0.15, 0.2) is 0 Å². The molecule has 0 bridgehead atoms. The molecule has 0 aliphatic carbocycles. The zero-order chi connectivity index (χ0) is 32.3. The Morgan fingerprint density at radius 3 is 2.07 bits per heavy atom. The van der Waals surface area contributed by atoms with Gasteiger partial charge in [-0.15, -0.1) is 0 Å². The van der Waals surface area contributed by atoms with Gasteiger partial charge in [-0.1, -0.05) is 90.1 Å². The second kappa shape index (κ2) is 16.3. The minimum absolute atomic E-state index is 0.0328. The normalized spacial score (nSPS) is 14.2. The van der Waals surface area contributed by atoms with Gasteiger partial charge in [0.1, 0.15) is 18.4 Å². The first-order chi connectivity index (χ1) is 20.2. The number of hydrogen-bond acceptors (Lipinski definition) is 6. The number of hydrogen-bond donors (Lipinski definition) is 2. The van der Waals surface area contributed by atoms with Crippen molar-refractivity contribution in [1.29, 1.82) is 0 Å². The molecule has 0 aromatic heterocycles. The maximum absolute atomic E-state index is 13.8. The number of benzene rings is 2. The number of rotatable bonds is 15. The summed E-state index contributed by atoms with van der Waals surface area (Å²) in [5.41, 5.74) is 1.88. The van der Waals surface area contributed by atoms with Crippen molar-refractivity contribution in [3.05, 3.63) is 77.4 Å². The summed E-state index contributed by atoms with van der Waals surface area (Å²) < 4.78 is 11.1. The van der Waals surface area contributed by atoms with Gasteiger partial charge in [-0.05, 0) is 56.0 Å². The molecule has 2 N–H and O–H groups in total. The summed E-state index contributed by atoms with van der Waals surface area (Å²) in [4.78, 5) is 41.4. The third-order valence-electron chi connectivity index (χ3n) is 7.85. The Kier molecular flexibility index (Phi) is 13.4. The molecule has 8 heteroatoms. The molecule has 0 spiro atoms. The quantitative estimate of drug-likeness (QED) is 0.216. The van der Waals surface area contributed by atoms with Gasteiger partial charge in [0.25, 0.3) is 0 Å².